The summed E-state index contributed by atoms with van der Waals surface area (Å²) in [6.07, 6.45) is 7.03. The monoisotopic (exact) mass is 472 g/mol. The molecule has 2 aliphatic carbocycles. The SMILES string of the molecule is CC(C)C[C@@H](c1c(O)c(C=O)c(O)c(C=O)c1O)[C@H]1CC[C@@H](C)C2=C[C@@H](C(C)(C)O)CC[C@@]21C. The summed E-state index contributed by atoms with van der Waals surface area (Å²) in [7, 11) is 0. The molecular weight excluding hydrogens is 432 g/mol. The zero-order chi connectivity index (χ0) is 25.6. The number of aromatic hydroxyl groups is 3. The van der Waals surface area contributed by atoms with Gasteiger partial charge in [0.05, 0.1) is 16.7 Å². The Morgan fingerprint density at radius 1 is 1.03 bits per heavy atom. The normalized spacial score (nSPS) is 28.2. The molecule has 0 unspecified atom stereocenters. The van der Waals surface area contributed by atoms with E-state index >= 15 is 0 Å². The molecule has 6 nitrogen and oxygen atoms in total. The van der Waals surface area contributed by atoms with Gasteiger partial charge in [-0.1, -0.05) is 39.3 Å². The van der Waals surface area contributed by atoms with Gasteiger partial charge in [0.25, 0.3) is 0 Å². The quantitative estimate of drug-likeness (QED) is 0.298. The molecule has 0 bridgehead atoms. The molecule has 0 aromatic heterocycles. The minimum Gasteiger partial charge on any atom is -0.507 e. The zero-order valence-electron chi connectivity index (χ0n) is 21.3. The zero-order valence-corrected chi connectivity index (χ0v) is 21.3. The molecule has 1 aromatic carbocycles. The maximum atomic E-state index is 11.7. The van der Waals surface area contributed by atoms with E-state index in [-0.39, 0.29) is 45.8 Å². The van der Waals surface area contributed by atoms with Crippen molar-refractivity contribution in [2.45, 2.75) is 85.2 Å². The van der Waals surface area contributed by atoms with E-state index in [1.165, 1.54) is 5.57 Å². The summed E-state index contributed by atoms with van der Waals surface area (Å²) in [6.45, 7) is 12.3. The number of aldehydes is 2. The van der Waals surface area contributed by atoms with Gasteiger partial charge in [-0.2, -0.15) is 0 Å². The van der Waals surface area contributed by atoms with Crippen molar-refractivity contribution in [3.8, 4) is 17.2 Å². The number of phenolic OH excluding ortho intramolecular Hbond substituents is 3. The van der Waals surface area contributed by atoms with Crippen LogP contribution in [0.2, 0.25) is 0 Å². The molecule has 0 heterocycles. The van der Waals surface area contributed by atoms with Gasteiger partial charge in [0.15, 0.2) is 12.6 Å². The molecule has 0 radical (unpaired) electrons. The lowest BCUT2D eigenvalue weighted by molar-refractivity contribution is 0.00965. The molecule has 0 saturated heterocycles. The fourth-order valence-corrected chi connectivity index (χ4v) is 6.66. The fourth-order valence-electron chi connectivity index (χ4n) is 6.66. The Balaban J connectivity index is 2.23. The minimum absolute atomic E-state index is 0.0421. The van der Waals surface area contributed by atoms with Crippen LogP contribution in [0.3, 0.4) is 0 Å². The molecule has 0 amide bonds. The predicted molar refractivity (Wildman–Crippen MR) is 132 cm³/mol. The molecule has 5 atom stereocenters. The van der Waals surface area contributed by atoms with Crippen LogP contribution in [0.5, 0.6) is 17.2 Å². The van der Waals surface area contributed by atoms with Gasteiger partial charge in [-0.3, -0.25) is 9.59 Å². The van der Waals surface area contributed by atoms with Crippen LogP contribution in [0.25, 0.3) is 0 Å². The third-order valence-electron chi connectivity index (χ3n) is 8.53. The molecule has 3 rings (SSSR count). The lowest BCUT2D eigenvalue weighted by atomic mass is 9.51. The highest BCUT2D eigenvalue weighted by Gasteiger charge is 2.50. The summed E-state index contributed by atoms with van der Waals surface area (Å²) in [5, 5.41) is 43.1. The number of benzene rings is 1. The number of aliphatic hydroxyl groups is 1. The van der Waals surface area contributed by atoms with Gasteiger partial charge in [-0.25, -0.2) is 0 Å². The number of carbonyl (C=O) groups is 2. The smallest absolute Gasteiger partial charge is 0.157 e. The van der Waals surface area contributed by atoms with E-state index in [1.54, 1.807) is 0 Å². The Labute approximate surface area is 202 Å². The summed E-state index contributed by atoms with van der Waals surface area (Å²) in [5.41, 5.74) is -0.276. The van der Waals surface area contributed by atoms with Crippen molar-refractivity contribution in [2.24, 2.45) is 29.1 Å². The first-order chi connectivity index (χ1) is 15.8. The van der Waals surface area contributed by atoms with Crippen molar-refractivity contribution < 1.29 is 30.0 Å². The fraction of sp³-hybridized carbons (Fsp3) is 0.643. The lowest BCUT2D eigenvalue weighted by Crippen LogP contribution is -2.45. The van der Waals surface area contributed by atoms with Crippen LogP contribution in [0.1, 0.15) is 106 Å². The van der Waals surface area contributed by atoms with E-state index in [1.807, 2.05) is 13.8 Å². The molecule has 4 N–H and O–H groups in total. The molecule has 34 heavy (non-hydrogen) atoms. The van der Waals surface area contributed by atoms with E-state index in [2.05, 4.69) is 33.8 Å². The van der Waals surface area contributed by atoms with Crippen molar-refractivity contribution in [3.05, 3.63) is 28.3 Å². The van der Waals surface area contributed by atoms with E-state index in [0.29, 0.717) is 24.9 Å². The Morgan fingerprint density at radius 3 is 2.06 bits per heavy atom. The Kier molecular flexibility index (Phi) is 7.24. The molecule has 0 spiro atoms. The van der Waals surface area contributed by atoms with Crippen LogP contribution in [0, 0.1) is 29.1 Å². The third-order valence-corrected chi connectivity index (χ3v) is 8.53. The van der Waals surface area contributed by atoms with Gasteiger partial charge in [-0.05, 0) is 75.0 Å². The van der Waals surface area contributed by atoms with E-state index in [0.717, 1.165) is 25.7 Å². The first-order valence-corrected chi connectivity index (χ1v) is 12.4. The van der Waals surface area contributed by atoms with Gasteiger partial charge in [0.1, 0.15) is 17.2 Å². The second-order valence-electron chi connectivity index (χ2n) is 11.7. The van der Waals surface area contributed by atoms with Crippen LogP contribution in [0.15, 0.2) is 11.6 Å². The number of hydrogen-bond donors (Lipinski definition) is 4. The summed E-state index contributed by atoms with van der Waals surface area (Å²) < 4.78 is 0. The van der Waals surface area contributed by atoms with Crippen molar-refractivity contribution in [2.75, 3.05) is 0 Å². The predicted octanol–water partition coefficient (Wildman–Crippen LogP) is 5.72. The number of phenols is 3. The number of hydrogen-bond acceptors (Lipinski definition) is 6. The van der Waals surface area contributed by atoms with Gasteiger partial charge in [0.2, 0.25) is 0 Å². The van der Waals surface area contributed by atoms with Crippen LogP contribution in [-0.2, 0) is 0 Å². The van der Waals surface area contributed by atoms with Crippen molar-refractivity contribution in [1.82, 2.24) is 0 Å². The number of rotatable bonds is 7. The van der Waals surface area contributed by atoms with Gasteiger partial charge < -0.3 is 20.4 Å². The second kappa shape index (κ2) is 9.37. The van der Waals surface area contributed by atoms with E-state index in [9.17, 15) is 30.0 Å². The summed E-state index contributed by atoms with van der Waals surface area (Å²) in [5.74, 6) is -1.23. The summed E-state index contributed by atoms with van der Waals surface area (Å²) in [4.78, 5) is 23.4. The van der Waals surface area contributed by atoms with Gasteiger partial charge in [-0.15, -0.1) is 0 Å². The maximum Gasteiger partial charge on any atom is 0.157 e. The molecular formula is C28H40O6. The Hall–Kier alpha value is -2.34. The van der Waals surface area contributed by atoms with Gasteiger partial charge in [0, 0.05) is 11.5 Å². The molecule has 0 aliphatic heterocycles. The second-order valence-corrected chi connectivity index (χ2v) is 11.7. The average molecular weight is 473 g/mol. The minimum atomic E-state index is -0.816. The molecule has 188 valence electrons. The van der Waals surface area contributed by atoms with E-state index in [4.69, 9.17) is 0 Å². The van der Waals surface area contributed by atoms with Crippen LogP contribution in [-0.4, -0.2) is 38.6 Å². The van der Waals surface area contributed by atoms with E-state index < -0.39 is 22.8 Å². The molecule has 1 saturated carbocycles. The van der Waals surface area contributed by atoms with Crippen molar-refractivity contribution in [1.29, 1.82) is 0 Å². The molecule has 2 aliphatic rings. The highest BCUT2D eigenvalue weighted by atomic mass is 16.3. The summed E-state index contributed by atoms with van der Waals surface area (Å²) >= 11 is 0. The third kappa shape index (κ3) is 4.37. The summed E-state index contributed by atoms with van der Waals surface area (Å²) in [6, 6.07) is 0. The van der Waals surface area contributed by atoms with Gasteiger partial charge >= 0.3 is 0 Å². The number of allylic oxidation sites excluding steroid dienone is 1. The highest BCUT2D eigenvalue weighted by Crippen LogP contribution is 2.61. The standard InChI is InChI=1S/C28H40O6/c1-15(2)11-18(23-25(32)19(13-29)24(31)20(14-30)26(23)33)21-8-7-16(3)22-12-17(27(4,5)34)9-10-28(21,22)6/h12-18,21,31-34H,7-11H2,1-6H3/t16-,17+,18-,21-,28-/m1/s1. The van der Waals surface area contributed by atoms with Crippen molar-refractivity contribution in [3.63, 3.8) is 0 Å². The van der Waals surface area contributed by atoms with Crippen LogP contribution in [0.4, 0.5) is 0 Å². The maximum absolute atomic E-state index is 11.7. The topological polar surface area (TPSA) is 115 Å². The molecule has 1 aromatic rings. The molecule has 6 heteroatoms. The van der Waals surface area contributed by atoms with Crippen LogP contribution >= 0.6 is 0 Å². The first kappa shape index (κ1) is 26.3. The molecule has 1 fully saturated rings. The lowest BCUT2D eigenvalue weighted by Gasteiger charge is -2.53. The van der Waals surface area contributed by atoms with Crippen molar-refractivity contribution >= 4 is 12.6 Å². The Bertz CT molecular complexity index is 951. The average Bonchev–Trinajstić information content (AvgIpc) is 2.72. The largest absolute Gasteiger partial charge is 0.507 e. The van der Waals surface area contributed by atoms with Crippen LogP contribution < -0.4 is 0 Å². The number of fused-ring (bicyclic) bond motifs is 1. The highest BCUT2D eigenvalue weighted by molar-refractivity contribution is 5.95. The number of carbonyl (C=O) groups excluding carboxylic acids is 2. The first-order valence-electron chi connectivity index (χ1n) is 12.4. The Morgan fingerprint density at radius 2 is 1.59 bits per heavy atom.